The zero-order valence-electron chi connectivity index (χ0n) is 14.2. The molecule has 25 heavy (non-hydrogen) atoms. The van der Waals surface area contributed by atoms with Crippen molar-refractivity contribution < 1.29 is 19.1 Å². The van der Waals surface area contributed by atoms with Crippen LogP contribution in [-0.2, 0) is 9.59 Å². The van der Waals surface area contributed by atoms with E-state index in [0.29, 0.717) is 27.9 Å². The summed E-state index contributed by atoms with van der Waals surface area (Å²) in [6, 6.07) is 12.1. The molecule has 2 rings (SSSR count). The SMILES string of the molecule is COc1cc(N(CC(=O)Nc2ccccc2)C(C)=O)c(OC)cc1Cl. The Kier molecular flexibility index (Phi) is 6.25. The van der Waals surface area contributed by atoms with E-state index in [1.54, 1.807) is 24.3 Å². The molecule has 0 aliphatic heterocycles. The fourth-order valence-electron chi connectivity index (χ4n) is 2.29. The molecule has 0 saturated carbocycles. The molecule has 1 N–H and O–H groups in total. The molecule has 0 radical (unpaired) electrons. The number of amides is 2. The van der Waals surface area contributed by atoms with Gasteiger partial charge in [0.1, 0.15) is 18.0 Å². The number of para-hydroxylation sites is 1. The number of halogens is 1. The molecule has 0 aliphatic carbocycles. The first-order valence-corrected chi connectivity index (χ1v) is 7.88. The van der Waals surface area contributed by atoms with E-state index in [0.717, 1.165) is 0 Å². The van der Waals surface area contributed by atoms with Crippen LogP contribution >= 0.6 is 11.6 Å². The quantitative estimate of drug-likeness (QED) is 0.855. The average molecular weight is 363 g/mol. The fraction of sp³-hybridized carbons (Fsp3) is 0.222. The third-order valence-electron chi connectivity index (χ3n) is 3.48. The standard InChI is InChI=1S/C18H19ClN2O4/c1-12(22)21(11-18(23)20-13-7-5-4-6-8-13)15-10-16(24-2)14(19)9-17(15)25-3/h4-10H,11H2,1-3H3,(H,20,23). The number of anilines is 2. The number of nitrogens with one attached hydrogen (secondary N) is 1. The lowest BCUT2D eigenvalue weighted by atomic mass is 10.2. The van der Waals surface area contributed by atoms with Crippen LogP contribution in [0.5, 0.6) is 11.5 Å². The Morgan fingerprint density at radius 3 is 2.28 bits per heavy atom. The van der Waals surface area contributed by atoms with Crippen molar-refractivity contribution >= 4 is 34.8 Å². The Balaban J connectivity index is 2.29. The normalized spacial score (nSPS) is 10.1. The Hall–Kier alpha value is -2.73. The molecule has 0 heterocycles. The van der Waals surface area contributed by atoms with Gasteiger partial charge in [0.2, 0.25) is 11.8 Å². The molecule has 0 aliphatic rings. The second kappa shape index (κ2) is 8.39. The third kappa shape index (κ3) is 4.64. The van der Waals surface area contributed by atoms with Crippen LogP contribution in [-0.4, -0.2) is 32.6 Å². The fourth-order valence-corrected chi connectivity index (χ4v) is 2.52. The van der Waals surface area contributed by atoms with Gasteiger partial charge in [-0.3, -0.25) is 14.5 Å². The van der Waals surface area contributed by atoms with E-state index in [1.807, 2.05) is 18.2 Å². The van der Waals surface area contributed by atoms with E-state index in [9.17, 15) is 9.59 Å². The van der Waals surface area contributed by atoms with Gasteiger partial charge in [0.15, 0.2) is 0 Å². The van der Waals surface area contributed by atoms with Gasteiger partial charge in [0, 0.05) is 24.7 Å². The van der Waals surface area contributed by atoms with Crippen LogP contribution < -0.4 is 19.7 Å². The van der Waals surface area contributed by atoms with Gasteiger partial charge in [-0.2, -0.15) is 0 Å². The van der Waals surface area contributed by atoms with Gasteiger partial charge in [-0.05, 0) is 12.1 Å². The summed E-state index contributed by atoms with van der Waals surface area (Å²) in [6.45, 7) is 1.20. The molecule has 0 fully saturated rings. The summed E-state index contributed by atoms with van der Waals surface area (Å²) >= 11 is 6.09. The maximum absolute atomic E-state index is 12.3. The predicted octanol–water partition coefficient (Wildman–Crippen LogP) is 3.35. The van der Waals surface area contributed by atoms with Crippen LogP contribution in [0, 0.1) is 0 Å². The first kappa shape index (κ1) is 18.6. The first-order valence-electron chi connectivity index (χ1n) is 7.50. The van der Waals surface area contributed by atoms with Crippen LogP contribution in [0.15, 0.2) is 42.5 Å². The lowest BCUT2D eigenvalue weighted by molar-refractivity contribution is -0.120. The number of ether oxygens (including phenoxy) is 2. The maximum atomic E-state index is 12.3. The Morgan fingerprint density at radius 2 is 1.72 bits per heavy atom. The van der Waals surface area contributed by atoms with Gasteiger partial charge >= 0.3 is 0 Å². The van der Waals surface area contributed by atoms with Crippen molar-refractivity contribution in [2.45, 2.75) is 6.92 Å². The van der Waals surface area contributed by atoms with Gasteiger partial charge < -0.3 is 14.8 Å². The van der Waals surface area contributed by atoms with Gasteiger partial charge in [-0.1, -0.05) is 29.8 Å². The van der Waals surface area contributed by atoms with Crippen molar-refractivity contribution in [3.05, 3.63) is 47.5 Å². The highest BCUT2D eigenvalue weighted by Crippen LogP contribution is 2.38. The van der Waals surface area contributed by atoms with E-state index in [-0.39, 0.29) is 18.4 Å². The zero-order chi connectivity index (χ0) is 18.4. The first-order chi connectivity index (χ1) is 12.0. The van der Waals surface area contributed by atoms with Crippen LogP contribution in [0.1, 0.15) is 6.92 Å². The summed E-state index contributed by atoms with van der Waals surface area (Å²) in [6.07, 6.45) is 0. The summed E-state index contributed by atoms with van der Waals surface area (Å²) in [5.74, 6) is 0.101. The van der Waals surface area contributed by atoms with Crippen molar-refractivity contribution in [2.75, 3.05) is 31.0 Å². The molecule has 132 valence electrons. The van der Waals surface area contributed by atoms with Gasteiger partial charge in [-0.15, -0.1) is 0 Å². The molecule has 0 spiro atoms. The number of hydrogen-bond donors (Lipinski definition) is 1. The molecular weight excluding hydrogens is 344 g/mol. The molecule has 0 unspecified atom stereocenters. The Morgan fingerprint density at radius 1 is 1.08 bits per heavy atom. The van der Waals surface area contributed by atoms with E-state index < -0.39 is 0 Å². The second-order valence-corrected chi connectivity index (χ2v) is 5.59. The number of rotatable bonds is 6. The molecule has 7 heteroatoms. The lowest BCUT2D eigenvalue weighted by Gasteiger charge is -2.23. The summed E-state index contributed by atoms with van der Waals surface area (Å²) < 4.78 is 10.5. The van der Waals surface area contributed by atoms with Crippen molar-refractivity contribution in [3.63, 3.8) is 0 Å². The monoisotopic (exact) mass is 362 g/mol. The van der Waals surface area contributed by atoms with Crippen LogP contribution in [0.25, 0.3) is 0 Å². The molecule has 2 aromatic carbocycles. The lowest BCUT2D eigenvalue weighted by Crippen LogP contribution is -2.37. The number of carbonyl (C=O) groups excluding carboxylic acids is 2. The van der Waals surface area contributed by atoms with E-state index in [4.69, 9.17) is 21.1 Å². The average Bonchev–Trinajstić information content (AvgIpc) is 2.60. The summed E-state index contributed by atoms with van der Waals surface area (Å²) in [5.41, 5.74) is 1.05. The maximum Gasteiger partial charge on any atom is 0.244 e. The van der Waals surface area contributed by atoms with Gasteiger partial charge in [0.05, 0.1) is 24.9 Å². The second-order valence-electron chi connectivity index (χ2n) is 5.18. The molecular formula is C18H19ClN2O4. The molecule has 0 saturated heterocycles. The minimum Gasteiger partial charge on any atom is -0.495 e. The van der Waals surface area contributed by atoms with E-state index in [2.05, 4.69) is 5.32 Å². The minimum absolute atomic E-state index is 0.175. The number of nitrogens with zero attached hydrogens (tertiary/aromatic N) is 1. The van der Waals surface area contributed by atoms with E-state index >= 15 is 0 Å². The number of hydrogen-bond acceptors (Lipinski definition) is 4. The van der Waals surface area contributed by atoms with Gasteiger partial charge in [-0.25, -0.2) is 0 Å². The van der Waals surface area contributed by atoms with Crippen molar-refractivity contribution in [1.29, 1.82) is 0 Å². The topological polar surface area (TPSA) is 67.9 Å². The number of methoxy groups -OCH3 is 2. The number of benzene rings is 2. The van der Waals surface area contributed by atoms with Crippen LogP contribution in [0.2, 0.25) is 5.02 Å². The molecule has 0 bridgehead atoms. The summed E-state index contributed by atoms with van der Waals surface area (Å²) in [5, 5.41) is 3.09. The largest absolute Gasteiger partial charge is 0.495 e. The molecule has 2 aromatic rings. The smallest absolute Gasteiger partial charge is 0.244 e. The molecule has 0 atom stereocenters. The van der Waals surface area contributed by atoms with E-state index in [1.165, 1.54) is 26.0 Å². The molecule has 2 amide bonds. The molecule has 0 aromatic heterocycles. The highest BCUT2D eigenvalue weighted by atomic mass is 35.5. The van der Waals surface area contributed by atoms with Crippen molar-refractivity contribution in [1.82, 2.24) is 0 Å². The Bertz CT molecular complexity index is 765. The minimum atomic E-state index is -0.336. The van der Waals surface area contributed by atoms with Crippen LogP contribution in [0.4, 0.5) is 11.4 Å². The summed E-state index contributed by atoms with van der Waals surface area (Å²) in [4.78, 5) is 25.7. The third-order valence-corrected chi connectivity index (χ3v) is 3.78. The summed E-state index contributed by atoms with van der Waals surface area (Å²) in [7, 11) is 2.93. The number of carbonyl (C=O) groups is 2. The van der Waals surface area contributed by atoms with Crippen molar-refractivity contribution in [3.8, 4) is 11.5 Å². The van der Waals surface area contributed by atoms with Crippen molar-refractivity contribution in [2.24, 2.45) is 0 Å². The molecule has 6 nitrogen and oxygen atoms in total. The predicted molar refractivity (Wildman–Crippen MR) is 97.7 cm³/mol. The Labute approximate surface area is 151 Å². The van der Waals surface area contributed by atoms with Crippen LogP contribution in [0.3, 0.4) is 0 Å². The highest BCUT2D eigenvalue weighted by Gasteiger charge is 2.22. The highest BCUT2D eigenvalue weighted by molar-refractivity contribution is 6.32. The zero-order valence-corrected chi connectivity index (χ0v) is 15.0. The van der Waals surface area contributed by atoms with Gasteiger partial charge in [0.25, 0.3) is 0 Å².